The molecular formula is C66H98N2O2S2. The fourth-order valence-corrected chi connectivity index (χ4v) is 13.7. The first-order valence-electron chi connectivity index (χ1n) is 30.1. The maximum Gasteiger partial charge on any atom is 0.261 e. The molecule has 4 nitrogen and oxygen atoms in total. The van der Waals surface area contributed by atoms with E-state index in [0.29, 0.717) is 36.1 Å². The SMILES string of the molecule is CCCCCCCCCCC(CCCCCCCC)CN1C(=O)C2=C(c3ccc(-c4ccc5cc(C)ccc5c4)s3)N(CC(CCCCCCCC)CCCCCCCCCC)C(=O)C2=C1c1ccc(C)s1. The number of aryl methyl sites for hydroxylation is 2. The average Bonchev–Trinajstić information content (AvgIpc) is 4.17. The Morgan fingerprint density at radius 1 is 0.389 bits per heavy atom. The maximum absolute atomic E-state index is 15.8. The van der Waals surface area contributed by atoms with Gasteiger partial charge in [0, 0.05) is 22.8 Å². The van der Waals surface area contributed by atoms with E-state index in [9.17, 15) is 0 Å². The molecule has 4 heterocycles. The summed E-state index contributed by atoms with van der Waals surface area (Å²) in [5, 5.41) is 2.48. The summed E-state index contributed by atoms with van der Waals surface area (Å²) in [6, 6.07) is 22.3. The number of hydrogen-bond donors (Lipinski definition) is 0. The minimum atomic E-state index is 0.0485. The molecule has 0 aliphatic carbocycles. The Balaban J connectivity index is 1.35. The minimum absolute atomic E-state index is 0.0485. The molecule has 2 aliphatic heterocycles. The van der Waals surface area contributed by atoms with E-state index >= 15 is 9.59 Å². The number of benzene rings is 2. The summed E-state index contributed by atoms with van der Waals surface area (Å²) in [6.45, 7) is 14.9. The quantitative estimate of drug-likeness (QED) is 0.0418. The van der Waals surface area contributed by atoms with Crippen molar-refractivity contribution in [2.45, 2.75) is 247 Å². The molecule has 4 aromatic rings. The summed E-state index contributed by atoms with van der Waals surface area (Å²) in [5.74, 6) is 0.898. The molecule has 2 aromatic carbocycles. The lowest BCUT2D eigenvalue weighted by Gasteiger charge is -2.29. The van der Waals surface area contributed by atoms with Gasteiger partial charge in [-0.05, 0) is 98.0 Å². The molecule has 2 aromatic heterocycles. The molecule has 0 bridgehead atoms. The third-order valence-corrected chi connectivity index (χ3v) is 18.2. The zero-order chi connectivity index (χ0) is 50.9. The van der Waals surface area contributed by atoms with E-state index in [2.05, 4.69) is 112 Å². The highest BCUT2D eigenvalue weighted by molar-refractivity contribution is 7.16. The highest BCUT2D eigenvalue weighted by Gasteiger charge is 2.50. The van der Waals surface area contributed by atoms with Crippen molar-refractivity contribution < 1.29 is 9.59 Å². The highest BCUT2D eigenvalue weighted by atomic mass is 32.1. The summed E-state index contributed by atoms with van der Waals surface area (Å²) in [6.07, 6.45) is 40.8. The topological polar surface area (TPSA) is 40.6 Å². The number of thiophene rings is 2. The normalized spacial score (nSPS) is 14.8. The molecule has 0 fully saturated rings. The van der Waals surface area contributed by atoms with E-state index in [0.717, 1.165) is 46.8 Å². The third kappa shape index (κ3) is 17.3. The Kier molecular flexibility index (Phi) is 25.7. The lowest BCUT2D eigenvalue weighted by Crippen LogP contribution is -2.34. The van der Waals surface area contributed by atoms with Crippen LogP contribution in [0.4, 0.5) is 0 Å². The Labute approximate surface area is 447 Å². The van der Waals surface area contributed by atoms with Gasteiger partial charge >= 0.3 is 0 Å². The molecule has 2 unspecified atom stereocenters. The van der Waals surface area contributed by atoms with E-state index in [-0.39, 0.29) is 11.8 Å². The van der Waals surface area contributed by atoms with Gasteiger partial charge in [-0.25, -0.2) is 0 Å². The van der Waals surface area contributed by atoms with E-state index in [4.69, 9.17) is 0 Å². The number of carbonyl (C=O) groups excluding carboxylic acids is 2. The molecule has 2 atom stereocenters. The van der Waals surface area contributed by atoms with Crippen molar-refractivity contribution in [3.63, 3.8) is 0 Å². The van der Waals surface area contributed by atoms with Crippen molar-refractivity contribution in [2.75, 3.05) is 13.1 Å². The second-order valence-electron chi connectivity index (χ2n) is 22.3. The predicted octanol–water partition coefficient (Wildman–Crippen LogP) is 20.8. The van der Waals surface area contributed by atoms with Crippen LogP contribution in [0.2, 0.25) is 0 Å². The van der Waals surface area contributed by atoms with Crippen LogP contribution in [0.15, 0.2) is 71.8 Å². The van der Waals surface area contributed by atoms with Crippen LogP contribution in [-0.4, -0.2) is 34.7 Å². The number of fused-ring (bicyclic) bond motifs is 2. The van der Waals surface area contributed by atoms with Gasteiger partial charge in [-0.15, -0.1) is 22.7 Å². The third-order valence-electron chi connectivity index (χ3n) is 16.0. The van der Waals surface area contributed by atoms with Crippen molar-refractivity contribution in [2.24, 2.45) is 11.8 Å². The van der Waals surface area contributed by atoms with E-state index in [1.807, 2.05) is 0 Å². The summed E-state index contributed by atoms with van der Waals surface area (Å²) in [5.41, 5.74) is 5.55. The molecule has 0 saturated heterocycles. The fourth-order valence-electron chi connectivity index (χ4n) is 11.7. The highest BCUT2D eigenvalue weighted by Crippen LogP contribution is 2.50. The van der Waals surface area contributed by atoms with Gasteiger partial charge in [-0.1, -0.05) is 243 Å². The van der Waals surface area contributed by atoms with E-state index < -0.39 is 0 Å². The van der Waals surface area contributed by atoms with Gasteiger partial charge in [0.15, 0.2) is 0 Å². The number of rotatable bonds is 39. The van der Waals surface area contributed by atoms with Crippen LogP contribution in [0.5, 0.6) is 0 Å². The van der Waals surface area contributed by atoms with Crippen molar-refractivity contribution >= 4 is 56.7 Å². The summed E-state index contributed by atoms with van der Waals surface area (Å²) in [4.78, 5) is 40.3. The Morgan fingerprint density at radius 2 is 0.750 bits per heavy atom. The monoisotopic (exact) mass is 1010 g/mol. The van der Waals surface area contributed by atoms with E-state index in [1.165, 1.54) is 211 Å². The summed E-state index contributed by atoms with van der Waals surface area (Å²) >= 11 is 3.50. The van der Waals surface area contributed by atoms with E-state index in [1.54, 1.807) is 22.7 Å². The summed E-state index contributed by atoms with van der Waals surface area (Å²) < 4.78 is 0. The van der Waals surface area contributed by atoms with Gasteiger partial charge in [-0.3, -0.25) is 9.59 Å². The Hall–Kier alpha value is -3.48. The predicted molar refractivity (Wildman–Crippen MR) is 316 cm³/mol. The van der Waals surface area contributed by atoms with Crippen LogP contribution < -0.4 is 0 Å². The van der Waals surface area contributed by atoms with Gasteiger partial charge in [0.2, 0.25) is 0 Å². The number of unbranched alkanes of at least 4 members (excludes halogenated alkanes) is 24. The first-order chi connectivity index (χ1) is 35.3. The molecule has 0 N–H and O–H groups in total. The molecule has 6 heteroatoms. The van der Waals surface area contributed by atoms with Crippen molar-refractivity contribution in [1.29, 1.82) is 0 Å². The van der Waals surface area contributed by atoms with Crippen LogP contribution in [0.1, 0.15) is 253 Å². The van der Waals surface area contributed by atoms with Crippen molar-refractivity contribution in [3.8, 4) is 10.4 Å². The largest absolute Gasteiger partial charge is 0.306 e. The zero-order valence-electron chi connectivity index (χ0n) is 46.5. The lowest BCUT2D eigenvalue weighted by molar-refractivity contribution is -0.124. The number of amides is 2. The first kappa shape index (κ1) is 57.8. The van der Waals surface area contributed by atoms with Gasteiger partial charge in [0.25, 0.3) is 11.8 Å². The number of hydrogen-bond acceptors (Lipinski definition) is 4. The average molecular weight is 1020 g/mol. The molecule has 2 aliphatic rings. The second-order valence-corrected chi connectivity index (χ2v) is 24.7. The number of nitrogens with zero attached hydrogens (tertiary/aromatic N) is 2. The summed E-state index contributed by atoms with van der Waals surface area (Å²) in [7, 11) is 0. The lowest BCUT2D eigenvalue weighted by atomic mass is 9.93. The molecule has 0 saturated carbocycles. The fraction of sp³-hybridized carbons (Fsp3) is 0.636. The van der Waals surface area contributed by atoms with Crippen LogP contribution in [0.3, 0.4) is 0 Å². The van der Waals surface area contributed by atoms with Crippen LogP contribution in [0.25, 0.3) is 32.6 Å². The minimum Gasteiger partial charge on any atom is -0.306 e. The zero-order valence-corrected chi connectivity index (χ0v) is 48.1. The van der Waals surface area contributed by atoms with Gasteiger partial charge in [0.1, 0.15) is 0 Å². The van der Waals surface area contributed by atoms with Gasteiger partial charge in [-0.2, -0.15) is 0 Å². The second kappa shape index (κ2) is 32.1. The molecule has 2 amide bonds. The molecule has 72 heavy (non-hydrogen) atoms. The van der Waals surface area contributed by atoms with Crippen LogP contribution >= 0.6 is 22.7 Å². The molecule has 0 spiro atoms. The molecule has 0 radical (unpaired) electrons. The maximum atomic E-state index is 15.8. The van der Waals surface area contributed by atoms with Crippen LogP contribution in [0, 0.1) is 25.7 Å². The smallest absolute Gasteiger partial charge is 0.261 e. The Bertz CT molecular complexity index is 2290. The van der Waals surface area contributed by atoms with Crippen LogP contribution in [-0.2, 0) is 9.59 Å². The standard InChI is InChI=1S/C66H98N2O2S2/c1-7-11-15-19-23-25-29-33-37-53(35-31-27-21-17-13-9-3)49-67-63(59-44-40-52(6)71-59)61-62(66(67)70)64(60-46-45-58(72-60)57-43-42-55-47-51(5)39-41-56(55)48-57)68(65(61)69)50-54(36-32-28-22-18-14-10-4)38-34-30-26-24-20-16-12-8-2/h39-48,53-54H,7-38,49-50H2,1-6H3. The first-order valence-corrected chi connectivity index (χ1v) is 31.7. The van der Waals surface area contributed by atoms with Crippen molar-refractivity contribution in [1.82, 2.24) is 9.80 Å². The molecule has 6 rings (SSSR count). The molecule has 396 valence electrons. The number of carbonyl (C=O) groups is 2. The van der Waals surface area contributed by atoms with Gasteiger partial charge < -0.3 is 9.80 Å². The van der Waals surface area contributed by atoms with Crippen molar-refractivity contribution in [3.05, 3.63) is 92.0 Å². The molecular weight excluding hydrogens is 917 g/mol. The Morgan fingerprint density at radius 3 is 1.17 bits per heavy atom. The van der Waals surface area contributed by atoms with Gasteiger partial charge in [0.05, 0.1) is 32.3 Å².